The van der Waals surface area contributed by atoms with E-state index in [1.54, 1.807) is 13.1 Å². The zero-order valence-corrected chi connectivity index (χ0v) is 15.0. The Labute approximate surface area is 152 Å². The molecule has 4 rings (SSSR count). The van der Waals surface area contributed by atoms with Crippen LogP contribution in [0.1, 0.15) is 50.6 Å². The number of unbranched alkanes of at least 4 members (excludes halogenated alkanes) is 2. The van der Waals surface area contributed by atoms with Gasteiger partial charge in [0.15, 0.2) is 0 Å². The number of pyridine rings is 1. The predicted octanol–water partition coefficient (Wildman–Crippen LogP) is 2.91. The summed E-state index contributed by atoms with van der Waals surface area (Å²) in [5, 5.41) is 20.0. The molecule has 1 unspecified atom stereocenters. The molecule has 1 saturated heterocycles. The van der Waals surface area contributed by atoms with Crippen LogP contribution in [0.5, 0.6) is 0 Å². The normalized spacial score (nSPS) is 19.3. The summed E-state index contributed by atoms with van der Waals surface area (Å²) in [7, 11) is 0. The lowest BCUT2D eigenvalue weighted by molar-refractivity contribution is 0.181. The van der Waals surface area contributed by atoms with Gasteiger partial charge in [-0.05, 0) is 38.8 Å². The molecule has 136 valence electrons. The van der Waals surface area contributed by atoms with E-state index in [1.165, 1.54) is 0 Å². The van der Waals surface area contributed by atoms with Gasteiger partial charge < -0.3 is 19.6 Å². The molecule has 3 aromatic heterocycles. The number of aromatic amines is 1. The topological polar surface area (TPSA) is 93.8 Å². The summed E-state index contributed by atoms with van der Waals surface area (Å²) in [6.45, 7) is 4.79. The number of likely N-dealkylation sites (tertiary alicyclic amines) is 1. The Balaban J connectivity index is 1.66. The quantitative estimate of drug-likeness (QED) is 0.665. The van der Waals surface area contributed by atoms with Crippen molar-refractivity contribution in [2.75, 3.05) is 19.6 Å². The van der Waals surface area contributed by atoms with Gasteiger partial charge in [-0.2, -0.15) is 5.26 Å². The molecule has 3 aromatic rings. The second-order valence-corrected chi connectivity index (χ2v) is 7.11. The van der Waals surface area contributed by atoms with E-state index >= 15 is 0 Å². The molecule has 7 nitrogen and oxygen atoms in total. The van der Waals surface area contributed by atoms with Gasteiger partial charge in [-0.25, -0.2) is 9.97 Å². The van der Waals surface area contributed by atoms with Crippen molar-refractivity contribution in [1.82, 2.24) is 24.4 Å². The largest absolute Gasteiger partial charge is 0.385 e. The molecule has 2 atom stereocenters. The van der Waals surface area contributed by atoms with Crippen LogP contribution < -0.4 is 0 Å². The van der Waals surface area contributed by atoms with Gasteiger partial charge in [0.05, 0.1) is 17.8 Å². The molecule has 1 aliphatic heterocycles. The Morgan fingerprint density at radius 1 is 1.46 bits per heavy atom. The number of aromatic nitrogens is 4. The van der Waals surface area contributed by atoms with Crippen molar-refractivity contribution in [3.05, 3.63) is 24.3 Å². The number of nitriles is 1. The Kier molecular flexibility index (Phi) is 4.62. The summed E-state index contributed by atoms with van der Waals surface area (Å²) in [4.78, 5) is 14.7. The molecule has 0 bridgehead atoms. The van der Waals surface area contributed by atoms with Crippen molar-refractivity contribution < 1.29 is 5.11 Å². The van der Waals surface area contributed by atoms with Crippen molar-refractivity contribution in [1.29, 1.82) is 5.26 Å². The van der Waals surface area contributed by atoms with Crippen LogP contribution in [-0.2, 0) is 0 Å². The highest BCUT2D eigenvalue weighted by molar-refractivity contribution is 6.01. The highest BCUT2D eigenvalue weighted by Gasteiger charge is 2.29. The Hall–Kier alpha value is -2.43. The zero-order chi connectivity index (χ0) is 18.1. The maximum atomic E-state index is 10.3. The van der Waals surface area contributed by atoms with Crippen LogP contribution >= 0.6 is 0 Å². The van der Waals surface area contributed by atoms with Crippen LogP contribution in [0.15, 0.2) is 18.5 Å². The van der Waals surface area contributed by atoms with Crippen LogP contribution in [0.4, 0.5) is 0 Å². The number of hydrogen-bond donors (Lipinski definition) is 2. The van der Waals surface area contributed by atoms with Gasteiger partial charge in [-0.1, -0.05) is 0 Å². The molecule has 1 fully saturated rings. The fourth-order valence-electron chi connectivity index (χ4n) is 4.04. The van der Waals surface area contributed by atoms with Crippen LogP contribution in [0, 0.1) is 11.3 Å². The van der Waals surface area contributed by atoms with Gasteiger partial charge in [0.2, 0.25) is 0 Å². The molecule has 0 amide bonds. The first-order valence-corrected chi connectivity index (χ1v) is 9.30. The van der Waals surface area contributed by atoms with Crippen molar-refractivity contribution in [3.63, 3.8) is 0 Å². The fraction of sp³-hybridized carbons (Fsp3) is 0.526. The van der Waals surface area contributed by atoms with Crippen molar-refractivity contribution in [3.8, 4) is 6.07 Å². The Morgan fingerprint density at radius 2 is 2.35 bits per heavy atom. The third-order valence-corrected chi connectivity index (χ3v) is 5.26. The molecule has 4 heterocycles. The highest BCUT2D eigenvalue weighted by Crippen LogP contribution is 2.33. The fourth-order valence-corrected chi connectivity index (χ4v) is 4.04. The smallest absolute Gasteiger partial charge is 0.139 e. The van der Waals surface area contributed by atoms with Crippen LogP contribution in [0.2, 0.25) is 0 Å². The second-order valence-electron chi connectivity index (χ2n) is 7.11. The number of nitrogens with zero attached hydrogens (tertiary/aromatic N) is 5. The maximum absolute atomic E-state index is 10.3. The average Bonchev–Trinajstić information content (AvgIpc) is 3.34. The molecule has 0 saturated carbocycles. The van der Waals surface area contributed by atoms with Crippen molar-refractivity contribution >= 4 is 22.1 Å². The monoisotopic (exact) mass is 352 g/mol. The lowest BCUT2D eigenvalue weighted by atomic mass is 10.2. The van der Waals surface area contributed by atoms with E-state index in [9.17, 15) is 5.11 Å². The van der Waals surface area contributed by atoms with Gasteiger partial charge in [0, 0.05) is 37.1 Å². The summed E-state index contributed by atoms with van der Waals surface area (Å²) in [6.07, 6.45) is 6.74. The highest BCUT2D eigenvalue weighted by atomic mass is 16.3. The second kappa shape index (κ2) is 7.06. The first-order chi connectivity index (χ1) is 12.7. The molecule has 26 heavy (non-hydrogen) atoms. The number of nitrogens with one attached hydrogen (secondary N) is 1. The van der Waals surface area contributed by atoms with Crippen LogP contribution in [0.3, 0.4) is 0 Å². The molecule has 1 aliphatic rings. The number of aliphatic hydroxyl groups is 1. The predicted molar refractivity (Wildman–Crippen MR) is 99.6 cm³/mol. The minimum absolute atomic E-state index is 0.293. The van der Waals surface area contributed by atoms with Gasteiger partial charge in [0.1, 0.15) is 23.1 Å². The molecular weight excluding hydrogens is 328 g/mol. The number of rotatable bonds is 6. The van der Waals surface area contributed by atoms with E-state index in [2.05, 4.69) is 30.5 Å². The molecule has 7 heteroatoms. The van der Waals surface area contributed by atoms with Crippen molar-refractivity contribution in [2.45, 2.75) is 44.8 Å². The van der Waals surface area contributed by atoms with Crippen LogP contribution in [0.25, 0.3) is 22.1 Å². The summed E-state index contributed by atoms with van der Waals surface area (Å²) < 4.78 is 2.23. The third kappa shape index (κ3) is 2.96. The number of imidazole rings is 1. The minimum Gasteiger partial charge on any atom is -0.385 e. The lowest BCUT2D eigenvalue weighted by Crippen LogP contribution is -2.23. The number of H-pyrrole nitrogens is 1. The van der Waals surface area contributed by atoms with Gasteiger partial charge >= 0.3 is 0 Å². The molecule has 0 aliphatic carbocycles. The summed E-state index contributed by atoms with van der Waals surface area (Å²) >= 11 is 0. The summed E-state index contributed by atoms with van der Waals surface area (Å²) in [5.41, 5.74) is 2.74. The zero-order valence-electron chi connectivity index (χ0n) is 15.0. The van der Waals surface area contributed by atoms with E-state index in [0.717, 1.165) is 61.0 Å². The average molecular weight is 352 g/mol. The van der Waals surface area contributed by atoms with E-state index in [1.807, 2.05) is 12.3 Å². The molecule has 2 N–H and O–H groups in total. The van der Waals surface area contributed by atoms with E-state index < -0.39 is 6.10 Å². The van der Waals surface area contributed by atoms with Crippen LogP contribution in [-0.4, -0.2) is 49.2 Å². The van der Waals surface area contributed by atoms with Gasteiger partial charge in [-0.15, -0.1) is 0 Å². The first-order valence-electron chi connectivity index (χ1n) is 9.30. The lowest BCUT2D eigenvalue weighted by Gasteiger charge is -2.20. The molecule has 0 aromatic carbocycles. The Morgan fingerprint density at radius 3 is 3.15 bits per heavy atom. The summed E-state index contributed by atoms with van der Waals surface area (Å²) in [5.74, 6) is 0.715. The maximum Gasteiger partial charge on any atom is 0.139 e. The number of hydrogen-bond acceptors (Lipinski definition) is 5. The summed E-state index contributed by atoms with van der Waals surface area (Å²) in [6, 6.07) is 4.53. The SMILES string of the molecule is CC(O)c1nc2cnc3[nH]ccc3c2n1[C@H]1CCN(CCCCC#N)C1. The van der Waals surface area contributed by atoms with Gasteiger partial charge in [-0.3, -0.25) is 0 Å². The van der Waals surface area contributed by atoms with E-state index in [0.29, 0.717) is 18.3 Å². The third-order valence-electron chi connectivity index (χ3n) is 5.26. The molecule has 0 radical (unpaired) electrons. The molecular formula is C19H24N6O. The standard InChI is InChI=1S/C19H24N6O/c1-13(26)19-23-16-11-22-18-15(5-8-21-18)17(16)25(19)14-6-10-24(12-14)9-4-2-3-7-20/h5,8,11,13-14,26H,2-4,6,9-10,12H2,1H3,(H,21,22)/t13?,14-/m0/s1. The molecule has 0 spiro atoms. The number of fused-ring (bicyclic) bond motifs is 3. The minimum atomic E-state index is -0.624. The van der Waals surface area contributed by atoms with Crippen molar-refractivity contribution in [2.24, 2.45) is 0 Å². The Bertz CT molecular complexity index is 950. The van der Waals surface area contributed by atoms with E-state index in [-0.39, 0.29) is 0 Å². The first kappa shape index (κ1) is 17.0. The van der Waals surface area contributed by atoms with E-state index in [4.69, 9.17) is 5.26 Å². The number of aliphatic hydroxyl groups excluding tert-OH is 1. The van der Waals surface area contributed by atoms with Gasteiger partial charge in [0.25, 0.3) is 0 Å².